The van der Waals surface area contributed by atoms with Crippen LogP contribution >= 0.6 is 0 Å². The second-order valence-electron chi connectivity index (χ2n) is 4.17. The maximum Gasteiger partial charge on any atom is 0.337 e. The number of ether oxygens (including phenoxy) is 1. The summed E-state index contributed by atoms with van der Waals surface area (Å²) < 4.78 is 4.67. The van der Waals surface area contributed by atoms with Crippen LogP contribution in [0.4, 0.5) is 0 Å². The average Bonchev–Trinajstić information content (AvgIpc) is 2.46. The van der Waals surface area contributed by atoms with Crippen LogP contribution in [0, 0.1) is 0 Å². The third-order valence-corrected chi connectivity index (χ3v) is 2.92. The Labute approximate surface area is 107 Å². The second kappa shape index (κ2) is 6.01. The van der Waals surface area contributed by atoms with E-state index in [0.717, 1.165) is 12.8 Å². The van der Waals surface area contributed by atoms with Crippen molar-refractivity contribution >= 4 is 5.97 Å². The summed E-state index contributed by atoms with van der Waals surface area (Å²) in [6.07, 6.45) is 1.99. The van der Waals surface area contributed by atoms with Gasteiger partial charge >= 0.3 is 5.97 Å². The van der Waals surface area contributed by atoms with Crippen LogP contribution in [0.1, 0.15) is 21.5 Å². The third kappa shape index (κ3) is 3.20. The van der Waals surface area contributed by atoms with E-state index < -0.39 is 0 Å². The van der Waals surface area contributed by atoms with E-state index in [-0.39, 0.29) is 5.97 Å². The lowest BCUT2D eigenvalue weighted by molar-refractivity contribution is 0.0600. The molecule has 0 saturated carbocycles. The number of methoxy groups -OCH3 is 1. The SMILES string of the molecule is CO[14C](=O)c1ccc(CCc2ccccc2)cc1. The van der Waals surface area contributed by atoms with Gasteiger partial charge in [0.25, 0.3) is 0 Å². The standard InChI is InChI=1S/C16H16O2/c1-18-16(17)15-11-9-14(10-12-15)8-7-13-5-3-2-4-6-13/h2-6,9-12H,7-8H2,1H3/i16+2. The lowest BCUT2D eigenvalue weighted by atomic mass is 10.0. The Kier molecular flexibility index (Phi) is 4.13. The number of hydrogen-bond acceptors (Lipinski definition) is 2. The first-order valence-electron chi connectivity index (χ1n) is 6.01. The van der Waals surface area contributed by atoms with Crippen LogP contribution in [0.25, 0.3) is 0 Å². The zero-order chi connectivity index (χ0) is 12.8. The molecule has 2 nitrogen and oxygen atoms in total. The summed E-state index contributed by atoms with van der Waals surface area (Å²) in [6.45, 7) is 0. The number of rotatable bonds is 4. The number of hydrogen-bond donors (Lipinski definition) is 0. The Hall–Kier alpha value is -2.09. The molecule has 0 heterocycles. The molecule has 2 aromatic carbocycles. The van der Waals surface area contributed by atoms with Gasteiger partial charge in [0.2, 0.25) is 0 Å². The van der Waals surface area contributed by atoms with Gasteiger partial charge in [-0.2, -0.15) is 0 Å². The minimum Gasteiger partial charge on any atom is -0.465 e. The van der Waals surface area contributed by atoms with Gasteiger partial charge in [-0.3, -0.25) is 0 Å². The molecule has 18 heavy (non-hydrogen) atoms. The van der Waals surface area contributed by atoms with Crippen molar-refractivity contribution in [1.29, 1.82) is 0 Å². The van der Waals surface area contributed by atoms with Crippen molar-refractivity contribution in [2.45, 2.75) is 12.8 Å². The summed E-state index contributed by atoms with van der Waals surface area (Å²) in [5, 5.41) is 0. The summed E-state index contributed by atoms with van der Waals surface area (Å²) in [5.41, 5.74) is 3.15. The first-order valence-corrected chi connectivity index (χ1v) is 6.01. The lowest BCUT2D eigenvalue weighted by Crippen LogP contribution is -2.01. The molecule has 2 rings (SSSR count). The van der Waals surface area contributed by atoms with E-state index in [4.69, 9.17) is 0 Å². The van der Waals surface area contributed by atoms with Crippen LogP contribution < -0.4 is 0 Å². The van der Waals surface area contributed by atoms with Crippen LogP contribution in [0.5, 0.6) is 0 Å². The number of aryl methyl sites for hydroxylation is 2. The Morgan fingerprint density at radius 2 is 1.44 bits per heavy atom. The molecule has 0 bridgehead atoms. The molecule has 2 aromatic rings. The molecule has 0 amide bonds. The third-order valence-electron chi connectivity index (χ3n) is 2.92. The number of esters is 1. The van der Waals surface area contributed by atoms with Crippen molar-refractivity contribution in [2.75, 3.05) is 7.11 Å². The lowest BCUT2D eigenvalue weighted by Gasteiger charge is -2.03. The number of carbonyl (C=O) groups is 1. The molecule has 0 aliphatic heterocycles. The molecule has 0 aliphatic carbocycles. The zero-order valence-electron chi connectivity index (χ0n) is 10.4. The molecule has 0 atom stereocenters. The van der Waals surface area contributed by atoms with Crippen LogP contribution in [0.15, 0.2) is 54.6 Å². The van der Waals surface area contributed by atoms with Crippen molar-refractivity contribution in [3.8, 4) is 0 Å². The summed E-state index contributed by atoms with van der Waals surface area (Å²) in [7, 11) is 1.39. The molecule has 0 unspecified atom stereocenters. The summed E-state index contributed by atoms with van der Waals surface area (Å²) in [6, 6.07) is 18.0. The fraction of sp³-hybridized carbons (Fsp3) is 0.188. The molecule has 2 heteroatoms. The molecule has 0 spiro atoms. The highest BCUT2D eigenvalue weighted by Crippen LogP contribution is 2.09. The molecule has 0 radical (unpaired) electrons. The smallest absolute Gasteiger partial charge is 0.337 e. The Balaban J connectivity index is 1.97. The molecule has 0 aromatic heterocycles. The van der Waals surface area contributed by atoms with Gasteiger partial charge in [0.1, 0.15) is 0 Å². The van der Waals surface area contributed by atoms with E-state index in [1.807, 2.05) is 30.3 Å². The predicted molar refractivity (Wildman–Crippen MR) is 71.6 cm³/mol. The summed E-state index contributed by atoms with van der Waals surface area (Å²) in [4.78, 5) is 11.3. The van der Waals surface area contributed by atoms with Gasteiger partial charge in [-0.1, -0.05) is 42.5 Å². The molecule has 0 saturated heterocycles. The quantitative estimate of drug-likeness (QED) is 0.769. The van der Waals surface area contributed by atoms with Gasteiger partial charge in [0.15, 0.2) is 0 Å². The molecule has 0 aliphatic rings. The van der Waals surface area contributed by atoms with Crippen molar-refractivity contribution < 1.29 is 9.53 Å². The predicted octanol–water partition coefficient (Wildman–Crippen LogP) is 3.26. The van der Waals surface area contributed by atoms with Gasteiger partial charge < -0.3 is 4.74 Å². The minimum absolute atomic E-state index is 0.287. The Bertz CT molecular complexity index is 500. The number of benzene rings is 2. The van der Waals surface area contributed by atoms with Gasteiger partial charge in [-0.25, -0.2) is 4.79 Å². The molecule has 0 fully saturated rings. The summed E-state index contributed by atoms with van der Waals surface area (Å²) in [5.74, 6) is -0.287. The van der Waals surface area contributed by atoms with Crippen LogP contribution in [0.3, 0.4) is 0 Å². The maximum absolute atomic E-state index is 11.3. The van der Waals surface area contributed by atoms with E-state index in [1.165, 1.54) is 18.2 Å². The Morgan fingerprint density at radius 3 is 2.00 bits per heavy atom. The largest absolute Gasteiger partial charge is 0.465 e. The van der Waals surface area contributed by atoms with Crippen molar-refractivity contribution in [1.82, 2.24) is 0 Å². The fourth-order valence-corrected chi connectivity index (χ4v) is 1.86. The zero-order valence-corrected chi connectivity index (χ0v) is 10.4. The molecule has 0 N–H and O–H groups in total. The van der Waals surface area contributed by atoms with Crippen molar-refractivity contribution in [3.05, 3.63) is 71.3 Å². The van der Waals surface area contributed by atoms with Gasteiger partial charge in [-0.05, 0) is 36.1 Å². The van der Waals surface area contributed by atoms with Gasteiger partial charge in [-0.15, -0.1) is 0 Å². The topological polar surface area (TPSA) is 26.3 Å². The highest BCUT2D eigenvalue weighted by molar-refractivity contribution is 5.89. The highest BCUT2D eigenvalue weighted by Gasteiger charge is 2.04. The van der Waals surface area contributed by atoms with E-state index in [0.29, 0.717) is 5.56 Å². The fourth-order valence-electron chi connectivity index (χ4n) is 1.86. The van der Waals surface area contributed by atoms with Crippen LogP contribution in [-0.4, -0.2) is 13.1 Å². The first kappa shape index (κ1) is 12.4. The van der Waals surface area contributed by atoms with Crippen molar-refractivity contribution in [2.24, 2.45) is 0 Å². The van der Waals surface area contributed by atoms with E-state index in [9.17, 15) is 4.79 Å². The van der Waals surface area contributed by atoms with Gasteiger partial charge in [0.05, 0.1) is 12.7 Å². The van der Waals surface area contributed by atoms with Crippen molar-refractivity contribution in [3.63, 3.8) is 0 Å². The van der Waals surface area contributed by atoms with E-state index in [2.05, 4.69) is 29.0 Å². The van der Waals surface area contributed by atoms with Gasteiger partial charge in [0, 0.05) is 0 Å². The highest BCUT2D eigenvalue weighted by atomic mass is 16.8. The molecular weight excluding hydrogens is 226 g/mol. The minimum atomic E-state index is -0.287. The van der Waals surface area contributed by atoms with E-state index in [1.54, 1.807) is 0 Å². The normalized spacial score (nSPS) is 10.1. The Morgan fingerprint density at radius 1 is 0.889 bits per heavy atom. The van der Waals surface area contributed by atoms with Crippen LogP contribution in [-0.2, 0) is 17.6 Å². The monoisotopic (exact) mass is 242 g/mol. The van der Waals surface area contributed by atoms with E-state index >= 15 is 0 Å². The maximum atomic E-state index is 11.3. The number of carbonyl (C=O) groups excluding carboxylic acids is 1. The molecule has 92 valence electrons. The average molecular weight is 242 g/mol. The second-order valence-corrected chi connectivity index (χ2v) is 4.17. The molecular formula is C16H16O2. The summed E-state index contributed by atoms with van der Waals surface area (Å²) >= 11 is 0. The van der Waals surface area contributed by atoms with Crippen LogP contribution in [0.2, 0.25) is 0 Å². The first-order chi connectivity index (χ1) is 8.79.